The van der Waals surface area contributed by atoms with Crippen LogP contribution in [-0.2, 0) is 4.84 Å². The Morgan fingerprint density at radius 3 is 2.07 bits per heavy atom. The minimum absolute atomic E-state index is 0.189. The number of hydroxylamine groups is 1. The van der Waals surface area contributed by atoms with Crippen LogP contribution in [0.1, 0.15) is 31.1 Å². The number of anilines is 2. The molecule has 0 aliphatic carbocycles. The SMILES string of the molecule is CC(C)(C)C1=CC(NC(=O)Nc2ccc(NC(=O)c3c(F)cccc3F)cc2)NO1. The molecular formula is C21H22F2N4O3. The number of rotatable bonds is 4. The highest BCUT2D eigenvalue weighted by Gasteiger charge is 2.27. The second kappa shape index (κ2) is 8.50. The van der Waals surface area contributed by atoms with E-state index in [9.17, 15) is 18.4 Å². The average Bonchev–Trinajstić information content (AvgIpc) is 3.12. The summed E-state index contributed by atoms with van der Waals surface area (Å²) in [5.74, 6) is -2.08. The third-order valence-electron chi connectivity index (χ3n) is 4.23. The van der Waals surface area contributed by atoms with Crippen LogP contribution in [0.15, 0.2) is 54.3 Å². The van der Waals surface area contributed by atoms with Gasteiger partial charge in [0.05, 0.1) is 0 Å². The van der Waals surface area contributed by atoms with Crippen LogP contribution in [0.4, 0.5) is 25.0 Å². The Kier molecular flexibility index (Phi) is 6.02. The van der Waals surface area contributed by atoms with Gasteiger partial charge in [-0.3, -0.25) is 4.79 Å². The number of nitrogens with one attached hydrogen (secondary N) is 4. The standard InChI is InChI=1S/C21H22F2N4O3/c1-21(2,3)16-11-17(27-30-16)26-20(29)25-13-9-7-12(8-10-13)24-19(28)18-14(22)5-4-6-15(18)23/h4-11,17,27H,1-3H3,(H,24,28)(H2,25,26,29). The lowest BCUT2D eigenvalue weighted by atomic mass is 9.94. The van der Waals surface area contributed by atoms with Gasteiger partial charge in [-0.2, -0.15) is 0 Å². The van der Waals surface area contributed by atoms with Gasteiger partial charge >= 0.3 is 6.03 Å². The quantitative estimate of drug-likeness (QED) is 0.603. The number of halogens is 2. The molecule has 0 radical (unpaired) electrons. The summed E-state index contributed by atoms with van der Waals surface area (Å²) in [6.45, 7) is 5.97. The molecule has 3 amide bonds. The summed E-state index contributed by atoms with van der Waals surface area (Å²) in [4.78, 5) is 29.6. The number of hydrogen-bond acceptors (Lipinski definition) is 4. The van der Waals surface area contributed by atoms with Crippen molar-refractivity contribution >= 4 is 23.3 Å². The van der Waals surface area contributed by atoms with E-state index in [0.29, 0.717) is 11.4 Å². The molecule has 1 unspecified atom stereocenters. The van der Waals surface area contributed by atoms with Crippen LogP contribution in [0.25, 0.3) is 0 Å². The number of urea groups is 1. The van der Waals surface area contributed by atoms with Gasteiger partial charge in [-0.25, -0.2) is 13.6 Å². The van der Waals surface area contributed by atoms with Crippen molar-refractivity contribution in [1.29, 1.82) is 0 Å². The Balaban J connectivity index is 1.56. The molecular weight excluding hydrogens is 394 g/mol. The lowest BCUT2D eigenvalue weighted by molar-refractivity contribution is 0.0755. The Morgan fingerprint density at radius 1 is 0.967 bits per heavy atom. The Labute approximate surface area is 172 Å². The molecule has 1 atom stereocenters. The molecule has 0 spiro atoms. The molecule has 0 aromatic heterocycles. The number of benzene rings is 2. The van der Waals surface area contributed by atoms with Crippen LogP contribution in [0.2, 0.25) is 0 Å². The summed E-state index contributed by atoms with van der Waals surface area (Å²) in [5, 5.41) is 7.76. The molecule has 1 heterocycles. The zero-order valence-electron chi connectivity index (χ0n) is 16.7. The third-order valence-corrected chi connectivity index (χ3v) is 4.23. The smallest absolute Gasteiger partial charge is 0.320 e. The molecule has 4 N–H and O–H groups in total. The molecule has 0 saturated heterocycles. The summed E-state index contributed by atoms with van der Waals surface area (Å²) in [6, 6.07) is 8.82. The molecule has 9 heteroatoms. The maximum absolute atomic E-state index is 13.7. The van der Waals surface area contributed by atoms with E-state index in [-0.39, 0.29) is 5.41 Å². The van der Waals surface area contributed by atoms with E-state index in [2.05, 4.69) is 21.4 Å². The second-order valence-corrected chi connectivity index (χ2v) is 7.71. The summed E-state index contributed by atoms with van der Waals surface area (Å²) >= 11 is 0. The molecule has 30 heavy (non-hydrogen) atoms. The molecule has 2 aromatic rings. The fourth-order valence-electron chi connectivity index (χ4n) is 2.67. The van der Waals surface area contributed by atoms with Gasteiger partial charge in [-0.15, -0.1) is 5.48 Å². The largest absolute Gasteiger partial charge is 0.410 e. The maximum atomic E-state index is 13.7. The number of carbonyl (C=O) groups is 2. The number of carbonyl (C=O) groups excluding carboxylic acids is 2. The van der Waals surface area contributed by atoms with Gasteiger partial charge < -0.3 is 20.8 Å². The first-order valence-corrected chi connectivity index (χ1v) is 9.21. The molecule has 0 bridgehead atoms. The molecule has 3 rings (SSSR count). The van der Waals surface area contributed by atoms with E-state index in [0.717, 1.165) is 17.9 Å². The third kappa shape index (κ3) is 5.12. The minimum Gasteiger partial charge on any atom is -0.410 e. The first kappa shape index (κ1) is 21.3. The average molecular weight is 416 g/mol. The van der Waals surface area contributed by atoms with Crippen LogP contribution in [0, 0.1) is 17.0 Å². The van der Waals surface area contributed by atoms with Crippen molar-refractivity contribution in [2.24, 2.45) is 5.41 Å². The normalized spacial score (nSPS) is 15.8. The van der Waals surface area contributed by atoms with E-state index < -0.39 is 35.3 Å². The Hall–Kier alpha value is -3.46. The van der Waals surface area contributed by atoms with Crippen molar-refractivity contribution < 1.29 is 23.2 Å². The topological polar surface area (TPSA) is 91.5 Å². The second-order valence-electron chi connectivity index (χ2n) is 7.71. The minimum atomic E-state index is -0.948. The highest BCUT2D eigenvalue weighted by atomic mass is 19.1. The molecule has 1 aliphatic heterocycles. The highest BCUT2D eigenvalue weighted by Crippen LogP contribution is 2.28. The Morgan fingerprint density at radius 2 is 1.53 bits per heavy atom. The van der Waals surface area contributed by atoms with Gasteiger partial charge in [-0.1, -0.05) is 26.8 Å². The van der Waals surface area contributed by atoms with Gasteiger partial charge in [-0.05, 0) is 42.5 Å². The van der Waals surface area contributed by atoms with Gasteiger partial charge in [0.15, 0.2) is 0 Å². The fourth-order valence-corrected chi connectivity index (χ4v) is 2.67. The van der Waals surface area contributed by atoms with Crippen molar-refractivity contribution in [2.75, 3.05) is 10.6 Å². The van der Waals surface area contributed by atoms with Crippen molar-refractivity contribution in [1.82, 2.24) is 10.8 Å². The molecule has 0 saturated carbocycles. The predicted octanol–water partition coefficient (Wildman–Crippen LogP) is 4.13. The van der Waals surface area contributed by atoms with E-state index in [4.69, 9.17) is 4.84 Å². The highest BCUT2D eigenvalue weighted by molar-refractivity contribution is 6.04. The van der Waals surface area contributed by atoms with Crippen molar-refractivity contribution in [2.45, 2.75) is 26.9 Å². The molecule has 0 fully saturated rings. The van der Waals surface area contributed by atoms with E-state index in [1.165, 1.54) is 18.2 Å². The van der Waals surface area contributed by atoms with Crippen LogP contribution in [-0.4, -0.2) is 18.1 Å². The van der Waals surface area contributed by atoms with Crippen LogP contribution < -0.4 is 21.4 Å². The van der Waals surface area contributed by atoms with Gasteiger partial charge in [0.25, 0.3) is 5.91 Å². The summed E-state index contributed by atoms with van der Waals surface area (Å²) < 4.78 is 27.4. The van der Waals surface area contributed by atoms with Gasteiger partial charge in [0, 0.05) is 16.8 Å². The summed E-state index contributed by atoms with van der Waals surface area (Å²) in [5.41, 5.74) is 2.64. The number of hydrogen-bond donors (Lipinski definition) is 4. The molecule has 7 nitrogen and oxygen atoms in total. The maximum Gasteiger partial charge on any atom is 0.320 e. The first-order chi connectivity index (χ1) is 14.1. The monoisotopic (exact) mass is 416 g/mol. The molecule has 1 aliphatic rings. The number of amides is 3. The van der Waals surface area contributed by atoms with E-state index in [1.54, 1.807) is 18.2 Å². The van der Waals surface area contributed by atoms with Crippen LogP contribution >= 0.6 is 0 Å². The van der Waals surface area contributed by atoms with Gasteiger partial charge in [0.2, 0.25) is 0 Å². The zero-order valence-corrected chi connectivity index (χ0v) is 16.7. The van der Waals surface area contributed by atoms with Crippen molar-refractivity contribution in [3.63, 3.8) is 0 Å². The van der Waals surface area contributed by atoms with Gasteiger partial charge in [0.1, 0.15) is 29.1 Å². The zero-order chi connectivity index (χ0) is 21.9. The predicted molar refractivity (Wildman–Crippen MR) is 108 cm³/mol. The summed E-state index contributed by atoms with van der Waals surface area (Å²) in [7, 11) is 0. The molecule has 158 valence electrons. The number of allylic oxidation sites excluding steroid dienone is 1. The van der Waals surface area contributed by atoms with Crippen molar-refractivity contribution in [3.8, 4) is 0 Å². The first-order valence-electron chi connectivity index (χ1n) is 9.21. The summed E-state index contributed by atoms with van der Waals surface area (Å²) in [6.07, 6.45) is 1.30. The van der Waals surface area contributed by atoms with Crippen LogP contribution in [0.3, 0.4) is 0 Å². The Bertz CT molecular complexity index is 964. The van der Waals surface area contributed by atoms with E-state index >= 15 is 0 Å². The lowest BCUT2D eigenvalue weighted by Gasteiger charge is -2.17. The lowest BCUT2D eigenvalue weighted by Crippen LogP contribution is -2.43. The van der Waals surface area contributed by atoms with Crippen molar-refractivity contribution in [3.05, 3.63) is 71.5 Å². The van der Waals surface area contributed by atoms with E-state index in [1.807, 2.05) is 20.8 Å². The molecule has 2 aromatic carbocycles. The fraction of sp³-hybridized carbons (Fsp3) is 0.238. The van der Waals surface area contributed by atoms with Crippen LogP contribution in [0.5, 0.6) is 0 Å².